The highest BCUT2D eigenvalue weighted by atomic mass is 32.1. The number of benzene rings is 8. The van der Waals surface area contributed by atoms with Gasteiger partial charge in [0.05, 0.1) is 11.4 Å². The lowest BCUT2D eigenvalue weighted by atomic mass is 9.96. The zero-order valence-corrected chi connectivity index (χ0v) is 31.0. The van der Waals surface area contributed by atoms with Gasteiger partial charge in [-0.1, -0.05) is 152 Å². The fourth-order valence-electron chi connectivity index (χ4n) is 8.01. The number of hydrogen-bond donors (Lipinski definition) is 0. The van der Waals surface area contributed by atoms with Crippen molar-refractivity contribution in [3.8, 4) is 67.3 Å². The van der Waals surface area contributed by atoms with Crippen LogP contribution < -0.4 is 0 Å². The van der Waals surface area contributed by atoms with Gasteiger partial charge in [-0.3, -0.25) is 0 Å². The second-order valence-electron chi connectivity index (χ2n) is 14.1. The predicted molar refractivity (Wildman–Crippen MR) is 235 cm³/mol. The summed E-state index contributed by atoms with van der Waals surface area (Å²) < 4.78 is 9.01. The van der Waals surface area contributed by atoms with Crippen molar-refractivity contribution in [2.24, 2.45) is 0 Å². The largest absolute Gasteiger partial charge is 0.456 e. The molecule has 0 aliphatic carbocycles. The highest BCUT2D eigenvalue weighted by Gasteiger charge is 2.19. The molecule has 11 aromatic rings. The first-order chi connectivity index (χ1) is 27.7. The van der Waals surface area contributed by atoms with Gasteiger partial charge in [0, 0.05) is 47.6 Å². The second-order valence-corrected chi connectivity index (χ2v) is 15.2. The maximum absolute atomic E-state index is 6.53. The van der Waals surface area contributed by atoms with Crippen molar-refractivity contribution >= 4 is 53.4 Å². The SMILES string of the molecule is c1ccc(-c2ccc(-c3cccc(-c4ccc5oc6cccc(-c7cc(-c8ccccc8)nc(-c8cccc9sc%10ccccc%10c89)n7)c6c5c4)c3)cc2)cc1. The first-order valence-corrected chi connectivity index (χ1v) is 19.6. The lowest BCUT2D eigenvalue weighted by Gasteiger charge is -2.11. The molecule has 11 rings (SSSR count). The van der Waals surface area contributed by atoms with E-state index in [2.05, 4.69) is 188 Å². The molecule has 3 nitrogen and oxygen atoms in total. The fourth-order valence-corrected chi connectivity index (χ4v) is 9.14. The Morgan fingerprint density at radius 1 is 0.339 bits per heavy atom. The standard InChI is InChI=1S/C52H32N2OS/c1-3-12-33(13-4-1)34-24-26-35(27-25-34)37-16-9-17-38(30-37)39-28-29-46-43(31-39)50-40(19-10-21-47(50)55-46)45-32-44(36-14-5-2-6-15-36)53-52(54-45)42-20-11-23-49-51(42)41-18-7-8-22-48(41)56-49/h1-32H. The van der Waals surface area contributed by atoms with E-state index in [-0.39, 0.29) is 0 Å². The molecule has 0 fully saturated rings. The molecule has 8 aromatic carbocycles. The van der Waals surface area contributed by atoms with Crippen LogP contribution in [0.1, 0.15) is 0 Å². The fraction of sp³-hybridized carbons (Fsp3) is 0. The monoisotopic (exact) mass is 732 g/mol. The summed E-state index contributed by atoms with van der Waals surface area (Å²) in [5, 5.41) is 4.51. The minimum absolute atomic E-state index is 0.703. The summed E-state index contributed by atoms with van der Waals surface area (Å²) in [4.78, 5) is 10.6. The maximum atomic E-state index is 6.53. The summed E-state index contributed by atoms with van der Waals surface area (Å²) in [6.07, 6.45) is 0. The highest BCUT2D eigenvalue weighted by molar-refractivity contribution is 7.25. The van der Waals surface area contributed by atoms with Gasteiger partial charge >= 0.3 is 0 Å². The summed E-state index contributed by atoms with van der Waals surface area (Å²) >= 11 is 1.81. The molecule has 0 saturated heterocycles. The van der Waals surface area contributed by atoms with Crippen LogP contribution in [-0.4, -0.2) is 9.97 Å². The molecule has 0 N–H and O–H groups in total. The molecule has 3 aromatic heterocycles. The third kappa shape index (κ3) is 5.58. The second kappa shape index (κ2) is 13.3. The third-order valence-electron chi connectivity index (χ3n) is 10.7. The number of rotatable bonds is 6. The van der Waals surface area contributed by atoms with E-state index in [1.165, 1.54) is 42.4 Å². The van der Waals surface area contributed by atoms with E-state index < -0.39 is 0 Å². The normalized spacial score (nSPS) is 11.6. The molecular weight excluding hydrogens is 701 g/mol. The van der Waals surface area contributed by atoms with Gasteiger partial charge in [0.25, 0.3) is 0 Å². The molecule has 0 aliphatic rings. The number of thiophene rings is 1. The Morgan fingerprint density at radius 3 is 1.73 bits per heavy atom. The van der Waals surface area contributed by atoms with E-state index in [1.807, 2.05) is 6.07 Å². The lowest BCUT2D eigenvalue weighted by molar-refractivity contribution is 0.669. The first-order valence-electron chi connectivity index (χ1n) is 18.8. The van der Waals surface area contributed by atoms with Crippen LogP contribution >= 0.6 is 11.3 Å². The average Bonchev–Trinajstić information content (AvgIpc) is 3.85. The Bertz CT molecular complexity index is 3240. The van der Waals surface area contributed by atoms with Crippen LogP contribution in [0.3, 0.4) is 0 Å². The summed E-state index contributed by atoms with van der Waals surface area (Å²) in [6, 6.07) is 68.5. The van der Waals surface area contributed by atoms with E-state index in [4.69, 9.17) is 14.4 Å². The van der Waals surface area contributed by atoms with Gasteiger partial charge < -0.3 is 4.42 Å². The molecule has 56 heavy (non-hydrogen) atoms. The van der Waals surface area contributed by atoms with E-state index in [0.29, 0.717) is 5.82 Å². The smallest absolute Gasteiger partial charge is 0.161 e. The van der Waals surface area contributed by atoms with Crippen molar-refractivity contribution < 1.29 is 4.42 Å². The van der Waals surface area contributed by atoms with Gasteiger partial charge in [-0.15, -0.1) is 11.3 Å². The minimum atomic E-state index is 0.703. The molecule has 0 saturated carbocycles. The van der Waals surface area contributed by atoms with Gasteiger partial charge in [-0.2, -0.15) is 0 Å². The average molecular weight is 733 g/mol. The number of nitrogens with zero attached hydrogens (tertiary/aromatic N) is 2. The molecule has 0 bridgehead atoms. The number of hydrogen-bond acceptors (Lipinski definition) is 4. The molecule has 0 spiro atoms. The van der Waals surface area contributed by atoms with Crippen LogP contribution in [0.15, 0.2) is 199 Å². The lowest BCUT2D eigenvalue weighted by Crippen LogP contribution is -1.96. The zero-order valence-electron chi connectivity index (χ0n) is 30.2. The summed E-state index contributed by atoms with van der Waals surface area (Å²) in [5.74, 6) is 0.703. The first kappa shape index (κ1) is 32.3. The molecule has 262 valence electrons. The van der Waals surface area contributed by atoms with Crippen LogP contribution in [0.4, 0.5) is 0 Å². The van der Waals surface area contributed by atoms with Crippen molar-refractivity contribution in [3.63, 3.8) is 0 Å². The molecule has 0 amide bonds. The maximum Gasteiger partial charge on any atom is 0.161 e. The van der Waals surface area contributed by atoms with Gasteiger partial charge in [-0.05, 0) is 75.8 Å². The molecule has 0 radical (unpaired) electrons. The highest BCUT2D eigenvalue weighted by Crippen LogP contribution is 2.42. The minimum Gasteiger partial charge on any atom is -0.456 e. The summed E-state index contributed by atoms with van der Waals surface area (Å²) in [7, 11) is 0. The van der Waals surface area contributed by atoms with E-state index in [1.54, 1.807) is 11.3 Å². The molecule has 0 unspecified atom stereocenters. The van der Waals surface area contributed by atoms with Crippen LogP contribution in [0.25, 0.3) is 109 Å². The number of furan rings is 1. The molecule has 0 atom stereocenters. The Hall–Kier alpha value is -7.14. The van der Waals surface area contributed by atoms with Gasteiger partial charge in [0.15, 0.2) is 5.82 Å². The zero-order chi connectivity index (χ0) is 37.0. The van der Waals surface area contributed by atoms with Crippen molar-refractivity contribution in [3.05, 3.63) is 194 Å². The summed E-state index contributed by atoms with van der Waals surface area (Å²) in [6.45, 7) is 0. The predicted octanol–water partition coefficient (Wildman–Crippen LogP) is 14.7. The van der Waals surface area contributed by atoms with Crippen LogP contribution in [0, 0.1) is 0 Å². The van der Waals surface area contributed by atoms with E-state index >= 15 is 0 Å². The topological polar surface area (TPSA) is 38.9 Å². The van der Waals surface area contributed by atoms with Crippen LogP contribution in [0.2, 0.25) is 0 Å². The summed E-state index contributed by atoms with van der Waals surface area (Å²) in [5.41, 5.74) is 13.5. The van der Waals surface area contributed by atoms with Crippen molar-refractivity contribution in [2.45, 2.75) is 0 Å². The van der Waals surface area contributed by atoms with E-state index in [0.717, 1.165) is 61.1 Å². The Morgan fingerprint density at radius 2 is 0.911 bits per heavy atom. The molecule has 0 aliphatic heterocycles. The Balaban J connectivity index is 1.05. The Kier molecular flexibility index (Phi) is 7.68. The molecule has 4 heteroatoms. The van der Waals surface area contributed by atoms with Crippen molar-refractivity contribution in [2.75, 3.05) is 0 Å². The van der Waals surface area contributed by atoms with E-state index in [9.17, 15) is 0 Å². The van der Waals surface area contributed by atoms with Crippen LogP contribution in [0.5, 0.6) is 0 Å². The van der Waals surface area contributed by atoms with Gasteiger partial charge in [-0.25, -0.2) is 9.97 Å². The molecular formula is C52H32N2OS. The van der Waals surface area contributed by atoms with Crippen molar-refractivity contribution in [1.29, 1.82) is 0 Å². The van der Waals surface area contributed by atoms with Crippen LogP contribution in [-0.2, 0) is 0 Å². The molecule has 3 heterocycles. The number of aromatic nitrogens is 2. The van der Waals surface area contributed by atoms with Crippen molar-refractivity contribution in [1.82, 2.24) is 9.97 Å². The van der Waals surface area contributed by atoms with Gasteiger partial charge in [0.1, 0.15) is 11.2 Å². The quantitative estimate of drug-likeness (QED) is 0.171. The van der Waals surface area contributed by atoms with Gasteiger partial charge in [0.2, 0.25) is 0 Å². The third-order valence-corrected chi connectivity index (χ3v) is 11.9. The Labute approximate surface area is 327 Å². The number of fused-ring (bicyclic) bond motifs is 6.